The highest BCUT2D eigenvalue weighted by molar-refractivity contribution is 9.10. The van der Waals surface area contributed by atoms with Gasteiger partial charge in [-0.15, -0.1) is 0 Å². The maximum absolute atomic E-state index is 10.9. The Morgan fingerprint density at radius 2 is 2.25 bits per heavy atom. The number of aromatic carboxylic acids is 1. The summed E-state index contributed by atoms with van der Waals surface area (Å²) >= 11 is 3.41. The normalized spacial score (nSPS) is 12.1. The first-order chi connectivity index (χ1) is 9.58. The standard InChI is InChI=1S/C15H15BrN2O2/c1-10(12-3-2-6-17-8-12)18-9-13-5-4-11(15(19)20)7-14(13)16/h2-8,10,18H,9H2,1H3,(H,19,20)/t10-/m0/s1. The number of pyridine rings is 1. The fourth-order valence-corrected chi connectivity index (χ4v) is 2.36. The van der Waals surface area contributed by atoms with Crippen LogP contribution in [0.3, 0.4) is 0 Å². The zero-order valence-corrected chi connectivity index (χ0v) is 12.6. The number of nitrogens with zero attached hydrogens (tertiary/aromatic N) is 1. The molecule has 5 heteroatoms. The lowest BCUT2D eigenvalue weighted by atomic mass is 10.1. The number of hydrogen-bond donors (Lipinski definition) is 2. The predicted molar refractivity (Wildman–Crippen MR) is 80.6 cm³/mol. The van der Waals surface area contributed by atoms with Gasteiger partial charge in [-0.2, -0.15) is 0 Å². The molecule has 4 nitrogen and oxygen atoms in total. The van der Waals surface area contributed by atoms with Crippen LogP contribution in [0.1, 0.15) is 34.5 Å². The molecule has 0 amide bonds. The smallest absolute Gasteiger partial charge is 0.335 e. The summed E-state index contributed by atoms with van der Waals surface area (Å²) in [6, 6.07) is 9.15. The van der Waals surface area contributed by atoms with E-state index in [-0.39, 0.29) is 11.6 Å². The van der Waals surface area contributed by atoms with E-state index >= 15 is 0 Å². The molecule has 1 aromatic heterocycles. The van der Waals surface area contributed by atoms with Crippen LogP contribution in [0.25, 0.3) is 0 Å². The molecule has 0 aliphatic carbocycles. The van der Waals surface area contributed by atoms with Gasteiger partial charge in [0, 0.05) is 29.5 Å². The maximum atomic E-state index is 10.9. The summed E-state index contributed by atoms with van der Waals surface area (Å²) in [6.07, 6.45) is 3.58. The van der Waals surface area contributed by atoms with Crippen LogP contribution in [-0.2, 0) is 6.54 Å². The Balaban J connectivity index is 2.02. The molecule has 0 saturated heterocycles. The van der Waals surface area contributed by atoms with E-state index in [0.717, 1.165) is 15.6 Å². The van der Waals surface area contributed by atoms with Crippen molar-refractivity contribution in [3.8, 4) is 0 Å². The molecule has 20 heavy (non-hydrogen) atoms. The second-order valence-corrected chi connectivity index (χ2v) is 5.35. The molecule has 0 spiro atoms. The van der Waals surface area contributed by atoms with Gasteiger partial charge >= 0.3 is 5.97 Å². The number of rotatable bonds is 5. The van der Waals surface area contributed by atoms with E-state index < -0.39 is 5.97 Å². The molecule has 0 radical (unpaired) electrons. The quantitative estimate of drug-likeness (QED) is 0.879. The Morgan fingerprint density at radius 3 is 2.85 bits per heavy atom. The topological polar surface area (TPSA) is 62.2 Å². The largest absolute Gasteiger partial charge is 0.478 e. The van der Waals surface area contributed by atoms with Gasteiger partial charge in [0.1, 0.15) is 0 Å². The summed E-state index contributed by atoms with van der Waals surface area (Å²) in [5, 5.41) is 12.3. The minimum atomic E-state index is -0.922. The lowest BCUT2D eigenvalue weighted by Crippen LogP contribution is -2.18. The summed E-state index contributed by atoms with van der Waals surface area (Å²) in [7, 11) is 0. The SMILES string of the molecule is C[C@H](NCc1ccc(C(=O)O)cc1Br)c1cccnc1. The van der Waals surface area contributed by atoms with Gasteiger partial charge in [0.25, 0.3) is 0 Å². The molecule has 2 rings (SSSR count). The van der Waals surface area contributed by atoms with E-state index in [1.807, 2.05) is 24.4 Å². The number of carbonyl (C=O) groups is 1. The van der Waals surface area contributed by atoms with E-state index in [1.165, 1.54) is 0 Å². The first-order valence-corrected chi connectivity index (χ1v) is 7.02. The van der Waals surface area contributed by atoms with Gasteiger partial charge in [-0.25, -0.2) is 4.79 Å². The van der Waals surface area contributed by atoms with E-state index in [2.05, 4.69) is 33.2 Å². The van der Waals surface area contributed by atoms with Crippen molar-refractivity contribution in [2.75, 3.05) is 0 Å². The summed E-state index contributed by atoms with van der Waals surface area (Å²) in [6.45, 7) is 2.72. The summed E-state index contributed by atoms with van der Waals surface area (Å²) in [5.74, 6) is -0.922. The summed E-state index contributed by atoms with van der Waals surface area (Å²) < 4.78 is 0.795. The average molecular weight is 335 g/mol. The Kier molecular flexibility index (Phi) is 4.87. The Labute approximate surface area is 126 Å². The van der Waals surface area contributed by atoms with Crippen LogP contribution < -0.4 is 5.32 Å². The monoisotopic (exact) mass is 334 g/mol. The Morgan fingerprint density at radius 1 is 1.45 bits per heavy atom. The maximum Gasteiger partial charge on any atom is 0.335 e. The zero-order chi connectivity index (χ0) is 14.5. The molecule has 0 aliphatic heterocycles. The van der Waals surface area contributed by atoms with Crippen molar-refractivity contribution >= 4 is 21.9 Å². The first kappa shape index (κ1) is 14.7. The minimum absolute atomic E-state index is 0.176. The second kappa shape index (κ2) is 6.63. The summed E-state index contributed by atoms with van der Waals surface area (Å²) in [4.78, 5) is 15.0. The van der Waals surface area contributed by atoms with Gasteiger partial charge in [-0.05, 0) is 36.2 Å². The molecule has 1 heterocycles. The third kappa shape index (κ3) is 3.65. The van der Waals surface area contributed by atoms with Crippen LogP contribution in [0.2, 0.25) is 0 Å². The highest BCUT2D eigenvalue weighted by atomic mass is 79.9. The van der Waals surface area contributed by atoms with Gasteiger partial charge < -0.3 is 10.4 Å². The van der Waals surface area contributed by atoms with Crippen LogP contribution in [0.5, 0.6) is 0 Å². The van der Waals surface area contributed by atoms with Crippen molar-refractivity contribution < 1.29 is 9.90 Å². The lowest BCUT2D eigenvalue weighted by Gasteiger charge is -2.14. The fourth-order valence-electron chi connectivity index (χ4n) is 1.84. The molecule has 104 valence electrons. The Hall–Kier alpha value is -1.72. The van der Waals surface area contributed by atoms with Crippen LogP contribution in [-0.4, -0.2) is 16.1 Å². The van der Waals surface area contributed by atoms with Crippen LogP contribution in [0.4, 0.5) is 0 Å². The molecule has 2 N–H and O–H groups in total. The van der Waals surface area contributed by atoms with Crippen LogP contribution >= 0.6 is 15.9 Å². The van der Waals surface area contributed by atoms with Gasteiger partial charge in [0.2, 0.25) is 0 Å². The fraction of sp³-hybridized carbons (Fsp3) is 0.200. The van der Waals surface area contributed by atoms with E-state index in [4.69, 9.17) is 5.11 Å². The van der Waals surface area contributed by atoms with Crippen molar-refractivity contribution in [2.45, 2.75) is 19.5 Å². The number of carboxylic acid groups (broad SMARTS) is 1. The van der Waals surface area contributed by atoms with Crippen molar-refractivity contribution in [1.82, 2.24) is 10.3 Å². The lowest BCUT2D eigenvalue weighted by molar-refractivity contribution is 0.0697. The number of nitrogens with one attached hydrogen (secondary N) is 1. The zero-order valence-electron chi connectivity index (χ0n) is 11.0. The van der Waals surface area contributed by atoms with Crippen molar-refractivity contribution in [3.63, 3.8) is 0 Å². The predicted octanol–water partition coefficient (Wildman–Crippen LogP) is 3.39. The van der Waals surface area contributed by atoms with Gasteiger partial charge in [-0.1, -0.05) is 28.1 Å². The number of carboxylic acids is 1. The van der Waals surface area contributed by atoms with Gasteiger partial charge in [-0.3, -0.25) is 4.98 Å². The van der Waals surface area contributed by atoms with Gasteiger partial charge in [0.05, 0.1) is 5.56 Å². The third-order valence-corrected chi connectivity index (χ3v) is 3.82. The van der Waals surface area contributed by atoms with Crippen molar-refractivity contribution in [1.29, 1.82) is 0 Å². The highest BCUT2D eigenvalue weighted by Crippen LogP contribution is 2.20. The molecule has 0 unspecified atom stereocenters. The molecule has 0 bridgehead atoms. The molecule has 0 saturated carbocycles. The number of aromatic nitrogens is 1. The number of hydrogen-bond acceptors (Lipinski definition) is 3. The molecule has 1 atom stereocenters. The minimum Gasteiger partial charge on any atom is -0.478 e. The van der Waals surface area contributed by atoms with Crippen molar-refractivity contribution in [3.05, 3.63) is 63.9 Å². The highest BCUT2D eigenvalue weighted by Gasteiger charge is 2.09. The average Bonchev–Trinajstić information content (AvgIpc) is 2.46. The molecule has 0 fully saturated rings. The molecular weight excluding hydrogens is 320 g/mol. The third-order valence-electron chi connectivity index (χ3n) is 3.08. The van der Waals surface area contributed by atoms with Crippen molar-refractivity contribution in [2.24, 2.45) is 0 Å². The molecule has 2 aromatic rings. The van der Waals surface area contributed by atoms with E-state index in [9.17, 15) is 4.79 Å². The Bertz CT molecular complexity index is 602. The summed E-state index contributed by atoms with van der Waals surface area (Å²) in [5.41, 5.74) is 2.41. The molecule has 0 aliphatic rings. The van der Waals surface area contributed by atoms with Crippen LogP contribution in [0.15, 0.2) is 47.2 Å². The number of benzene rings is 1. The van der Waals surface area contributed by atoms with E-state index in [1.54, 1.807) is 18.3 Å². The number of halogens is 1. The van der Waals surface area contributed by atoms with Gasteiger partial charge in [0.15, 0.2) is 0 Å². The van der Waals surface area contributed by atoms with Crippen LogP contribution in [0, 0.1) is 0 Å². The first-order valence-electron chi connectivity index (χ1n) is 6.23. The molecular formula is C15H15BrN2O2. The molecule has 1 aromatic carbocycles. The second-order valence-electron chi connectivity index (χ2n) is 4.50. The van der Waals surface area contributed by atoms with E-state index in [0.29, 0.717) is 6.54 Å².